The molecule has 190 valence electrons. The molecule has 3 aliphatic carbocycles. The molecule has 2 aromatic rings. The van der Waals surface area contributed by atoms with E-state index in [0.29, 0.717) is 12.8 Å². The lowest BCUT2D eigenvalue weighted by Crippen LogP contribution is -2.57. The molecule has 3 aliphatic rings. The van der Waals surface area contributed by atoms with Gasteiger partial charge in [0.25, 0.3) is 0 Å². The number of nitrogens with zero attached hydrogens (tertiary/aromatic N) is 1. The fourth-order valence-corrected chi connectivity index (χ4v) is 8.15. The van der Waals surface area contributed by atoms with Gasteiger partial charge in [-0.05, 0) is 55.6 Å². The van der Waals surface area contributed by atoms with Crippen molar-refractivity contribution in [2.45, 2.75) is 89.7 Å². The molecule has 0 unspecified atom stereocenters. The molecular formula is C28H39N3O3S. The third kappa shape index (κ3) is 4.63. The second-order valence-corrected chi connectivity index (χ2v) is 12.5. The van der Waals surface area contributed by atoms with E-state index in [1.807, 2.05) is 37.3 Å². The summed E-state index contributed by atoms with van der Waals surface area (Å²) in [5.41, 5.74) is 1.21. The number of hydrogen-bond donors (Lipinski definition) is 4. The summed E-state index contributed by atoms with van der Waals surface area (Å²) < 4.78 is 0. The summed E-state index contributed by atoms with van der Waals surface area (Å²) >= 11 is 1.65. The number of hydrogen-bond acceptors (Lipinski definition) is 6. The number of aliphatic hydroxyl groups excluding tert-OH is 2. The number of aromatic nitrogens is 1. The number of rotatable bonds is 6. The van der Waals surface area contributed by atoms with Crippen LogP contribution in [0, 0.1) is 16.7 Å². The monoisotopic (exact) mass is 497 g/mol. The van der Waals surface area contributed by atoms with Crippen LogP contribution in [-0.2, 0) is 11.2 Å². The molecule has 1 heterocycles. The molecule has 6 nitrogen and oxygen atoms in total. The number of nitrogens with one attached hydrogen (secondary N) is 2. The van der Waals surface area contributed by atoms with Crippen molar-refractivity contribution in [1.82, 2.24) is 10.3 Å². The van der Waals surface area contributed by atoms with Crippen molar-refractivity contribution in [3.8, 4) is 0 Å². The standard InChI is InChI=1S/C28H39N3O3S/c1-27-14-13-23(33)28(2,17-32)22(27)16-21-25(31-26(35-21)30-19-11-7-4-8-12-19)20(27)15-24(34)29-18-9-5-3-6-10-18/h4,7-8,11-12,18,20,22-23,32-33H,3,5-6,9-10,13-17H2,1-2H3,(H,29,34)(H,30,31)/t20-,22+,23-,27+,28+/m1/s1. The summed E-state index contributed by atoms with van der Waals surface area (Å²) in [6.07, 6.45) is 7.87. The molecule has 5 rings (SSSR count). The first-order chi connectivity index (χ1) is 16.8. The van der Waals surface area contributed by atoms with Crippen molar-refractivity contribution in [3.05, 3.63) is 40.9 Å². The lowest BCUT2D eigenvalue weighted by atomic mass is 9.47. The average molecular weight is 498 g/mol. The maximum atomic E-state index is 13.3. The Balaban J connectivity index is 1.48. The molecule has 1 aromatic carbocycles. The summed E-state index contributed by atoms with van der Waals surface area (Å²) in [6.45, 7) is 4.23. The van der Waals surface area contributed by atoms with Crippen LogP contribution in [0.1, 0.15) is 81.7 Å². The number of benzene rings is 1. The molecule has 0 aliphatic heterocycles. The topological polar surface area (TPSA) is 94.5 Å². The van der Waals surface area contributed by atoms with Gasteiger partial charge in [-0.1, -0.05) is 51.3 Å². The van der Waals surface area contributed by atoms with E-state index in [2.05, 4.69) is 17.6 Å². The molecule has 0 saturated heterocycles. The molecule has 4 N–H and O–H groups in total. The Bertz CT molecular complexity index is 1040. The summed E-state index contributed by atoms with van der Waals surface area (Å²) in [7, 11) is 0. The van der Waals surface area contributed by atoms with Crippen molar-refractivity contribution in [2.75, 3.05) is 11.9 Å². The Labute approximate surface area is 212 Å². The SMILES string of the molecule is C[C@]1(CO)[C@H]2Cc3sc(Nc4ccccc4)nc3[C@@H](CC(=O)NC3CCCCC3)[C@]2(C)CC[C@H]1O. The fourth-order valence-electron chi connectivity index (χ4n) is 7.06. The van der Waals surface area contributed by atoms with Crippen LogP contribution in [0.15, 0.2) is 30.3 Å². The van der Waals surface area contributed by atoms with E-state index < -0.39 is 11.5 Å². The largest absolute Gasteiger partial charge is 0.396 e. The predicted molar refractivity (Wildman–Crippen MR) is 140 cm³/mol. The van der Waals surface area contributed by atoms with Crippen LogP contribution in [0.2, 0.25) is 0 Å². The quantitative estimate of drug-likeness (QED) is 0.443. The zero-order chi connectivity index (χ0) is 24.6. The van der Waals surface area contributed by atoms with E-state index in [1.54, 1.807) is 11.3 Å². The van der Waals surface area contributed by atoms with E-state index in [-0.39, 0.29) is 35.8 Å². The first-order valence-corrected chi connectivity index (χ1v) is 14.0. The van der Waals surface area contributed by atoms with Gasteiger partial charge in [-0.15, -0.1) is 11.3 Å². The molecule has 1 amide bonds. The highest BCUT2D eigenvalue weighted by Crippen LogP contribution is 2.62. The van der Waals surface area contributed by atoms with Gasteiger partial charge in [0.2, 0.25) is 5.91 Å². The highest BCUT2D eigenvalue weighted by Gasteiger charge is 2.59. The van der Waals surface area contributed by atoms with Crippen LogP contribution in [0.3, 0.4) is 0 Å². The normalized spacial score (nSPS) is 33.0. The van der Waals surface area contributed by atoms with Gasteiger partial charge < -0.3 is 20.8 Å². The van der Waals surface area contributed by atoms with Crippen molar-refractivity contribution in [1.29, 1.82) is 0 Å². The lowest BCUT2D eigenvalue weighted by Gasteiger charge is -2.58. The summed E-state index contributed by atoms with van der Waals surface area (Å²) in [6, 6.07) is 10.3. The zero-order valence-corrected chi connectivity index (χ0v) is 21.7. The number of carbonyl (C=O) groups excluding carboxylic acids is 1. The summed E-state index contributed by atoms with van der Waals surface area (Å²) in [5.74, 6) is 0.145. The zero-order valence-electron chi connectivity index (χ0n) is 20.9. The molecule has 35 heavy (non-hydrogen) atoms. The molecular weight excluding hydrogens is 458 g/mol. The van der Waals surface area contributed by atoms with Gasteiger partial charge >= 0.3 is 0 Å². The molecule has 2 fully saturated rings. The second-order valence-electron chi connectivity index (χ2n) is 11.5. The van der Waals surface area contributed by atoms with Gasteiger partial charge in [-0.3, -0.25) is 4.79 Å². The maximum Gasteiger partial charge on any atom is 0.220 e. The van der Waals surface area contributed by atoms with Gasteiger partial charge in [0.15, 0.2) is 5.13 Å². The van der Waals surface area contributed by atoms with Crippen LogP contribution in [0.5, 0.6) is 0 Å². The predicted octanol–water partition coefficient (Wildman–Crippen LogP) is 5.14. The number of amides is 1. The van der Waals surface area contributed by atoms with Crippen LogP contribution in [-0.4, -0.2) is 39.9 Å². The van der Waals surface area contributed by atoms with E-state index in [4.69, 9.17) is 4.98 Å². The first kappa shape index (κ1) is 24.7. The lowest BCUT2D eigenvalue weighted by molar-refractivity contribution is -0.144. The second kappa shape index (κ2) is 9.83. The minimum Gasteiger partial charge on any atom is -0.396 e. The Morgan fingerprint density at radius 1 is 1.14 bits per heavy atom. The number of para-hydroxylation sites is 1. The minimum absolute atomic E-state index is 0.0409. The van der Waals surface area contributed by atoms with Crippen molar-refractivity contribution in [2.24, 2.45) is 16.7 Å². The fraction of sp³-hybridized carbons (Fsp3) is 0.643. The van der Waals surface area contributed by atoms with E-state index in [9.17, 15) is 15.0 Å². The number of anilines is 2. The third-order valence-electron chi connectivity index (χ3n) is 9.28. The molecule has 7 heteroatoms. The van der Waals surface area contributed by atoms with Crippen LogP contribution < -0.4 is 10.6 Å². The van der Waals surface area contributed by atoms with Crippen LogP contribution in [0.4, 0.5) is 10.8 Å². The van der Waals surface area contributed by atoms with Gasteiger partial charge in [0.1, 0.15) is 0 Å². The van der Waals surface area contributed by atoms with Gasteiger partial charge in [0, 0.05) is 34.4 Å². The maximum absolute atomic E-state index is 13.3. The summed E-state index contributed by atoms with van der Waals surface area (Å²) in [5, 5.41) is 29.0. The number of fused-ring (bicyclic) bond motifs is 2. The summed E-state index contributed by atoms with van der Waals surface area (Å²) in [4.78, 5) is 19.6. The van der Waals surface area contributed by atoms with Crippen LogP contribution in [0.25, 0.3) is 0 Å². The van der Waals surface area contributed by atoms with Crippen molar-refractivity contribution < 1.29 is 15.0 Å². The van der Waals surface area contributed by atoms with E-state index >= 15 is 0 Å². The smallest absolute Gasteiger partial charge is 0.220 e. The van der Waals surface area contributed by atoms with Gasteiger partial charge in [-0.25, -0.2) is 4.98 Å². The molecule has 0 bridgehead atoms. The van der Waals surface area contributed by atoms with Crippen LogP contribution >= 0.6 is 11.3 Å². The van der Waals surface area contributed by atoms with Gasteiger partial charge in [0.05, 0.1) is 18.4 Å². The highest BCUT2D eigenvalue weighted by molar-refractivity contribution is 7.15. The average Bonchev–Trinajstić information content (AvgIpc) is 3.26. The van der Waals surface area contributed by atoms with E-state index in [0.717, 1.165) is 42.2 Å². The van der Waals surface area contributed by atoms with E-state index in [1.165, 1.54) is 24.1 Å². The Morgan fingerprint density at radius 2 is 1.89 bits per heavy atom. The first-order valence-electron chi connectivity index (χ1n) is 13.2. The third-order valence-corrected chi connectivity index (χ3v) is 10.3. The highest BCUT2D eigenvalue weighted by atomic mass is 32.1. The number of carbonyl (C=O) groups is 1. The molecule has 2 saturated carbocycles. The van der Waals surface area contributed by atoms with Crippen molar-refractivity contribution in [3.63, 3.8) is 0 Å². The molecule has 1 aromatic heterocycles. The molecule has 5 atom stereocenters. The Morgan fingerprint density at radius 3 is 2.60 bits per heavy atom. The number of aliphatic hydroxyl groups is 2. The number of thiazole rings is 1. The Kier molecular flexibility index (Phi) is 6.94. The minimum atomic E-state index is -0.597. The Hall–Kier alpha value is -1.96. The van der Waals surface area contributed by atoms with Gasteiger partial charge in [-0.2, -0.15) is 0 Å². The molecule has 0 spiro atoms. The van der Waals surface area contributed by atoms with Crippen molar-refractivity contribution >= 4 is 28.1 Å². The molecule has 0 radical (unpaired) electrons.